The molecule has 0 atom stereocenters. The summed E-state index contributed by atoms with van der Waals surface area (Å²) in [4.78, 5) is 10.5. The summed E-state index contributed by atoms with van der Waals surface area (Å²) < 4.78 is 5.44. The van der Waals surface area contributed by atoms with E-state index in [0.29, 0.717) is 17.9 Å². The zero-order chi connectivity index (χ0) is 13.8. The monoisotopic (exact) mass is 261 g/mol. The second kappa shape index (κ2) is 5.67. The van der Waals surface area contributed by atoms with Crippen LogP contribution in [0.5, 0.6) is 0 Å². The van der Waals surface area contributed by atoms with Crippen molar-refractivity contribution in [3.05, 3.63) is 33.9 Å². The zero-order valence-electron chi connectivity index (χ0n) is 10.6. The first-order chi connectivity index (χ1) is 9.13. The minimum atomic E-state index is -0.442. The van der Waals surface area contributed by atoms with E-state index in [2.05, 4.69) is 5.32 Å². The lowest BCUT2D eigenvalue weighted by molar-refractivity contribution is -0.384. The van der Waals surface area contributed by atoms with Crippen molar-refractivity contribution < 1.29 is 9.66 Å². The largest absolute Gasteiger partial charge is 0.378 e. The average molecular weight is 261 g/mol. The molecule has 0 saturated heterocycles. The Morgan fingerprint density at radius 1 is 1.58 bits per heavy atom. The van der Waals surface area contributed by atoms with E-state index in [1.165, 1.54) is 18.2 Å². The van der Waals surface area contributed by atoms with Crippen molar-refractivity contribution in [1.82, 2.24) is 0 Å². The molecule has 2 rings (SSSR count). The Balaban J connectivity index is 2.07. The van der Waals surface area contributed by atoms with E-state index in [1.54, 1.807) is 0 Å². The number of nitrogens with one attached hydrogen (secondary N) is 1. The summed E-state index contributed by atoms with van der Waals surface area (Å²) in [5.74, 6) is 0. The molecule has 1 N–H and O–H groups in total. The van der Waals surface area contributed by atoms with Gasteiger partial charge in [0.05, 0.1) is 22.7 Å². The van der Waals surface area contributed by atoms with Crippen LogP contribution in [-0.2, 0) is 4.74 Å². The molecule has 0 bridgehead atoms. The molecule has 19 heavy (non-hydrogen) atoms. The third kappa shape index (κ3) is 3.01. The second-order valence-electron chi connectivity index (χ2n) is 4.49. The topological polar surface area (TPSA) is 88.2 Å². The number of nitro benzene ring substituents is 1. The molecule has 6 heteroatoms. The maximum Gasteiger partial charge on any atom is 0.292 e. The standard InChI is InChI=1S/C13H15N3O3/c1-2-19-11-6-10(7-11)15-12-5-9(8-14)3-4-13(12)16(17)18/h3-5,10-11,15H,2,6-7H2,1H3. The Kier molecular flexibility index (Phi) is 3.97. The van der Waals surface area contributed by atoms with Crippen molar-refractivity contribution in [1.29, 1.82) is 5.26 Å². The molecular formula is C13H15N3O3. The molecule has 1 fully saturated rings. The fourth-order valence-corrected chi connectivity index (χ4v) is 2.16. The highest BCUT2D eigenvalue weighted by Crippen LogP contribution is 2.31. The summed E-state index contributed by atoms with van der Waals surface area (Å²) in [6, 6.07) is 6.49. The SMILES string of the molecule is CCOC1CC(Nc2cc(C#N)ccc2[N+](=O)[O-])C1. The van der Waals surface area contributed by atoms with Gasteiger partial charge in [-0.3, -0.25) is 10.1 Å². The molecule has 100 valence electrons. The highest BCUT2D eigenvalue weighted by atomic mass is 16.6. The van der Waals surface area contributed by atoms with Crippen LogP contribution in [0, 0.1) is 21.4 Å². The molecule has 0 heterocycles. The van der Waals surface area contributed by atoms with E-state index in [9.17, 15) is 10.1 Å². The maximum atomic E-state index is 10.9. The quantitative estimate of drug-likeness (QED) is 0.649. The molecule has 0 aromatic heterocycles. The predicted molar refractivity (Wildman–Crippen MR) is 69.9 cm³/mol. The normalized spacial score (nSPS) is 21.3. The first kappa shape index (κ1) is 13.3. The molecule has 0 radical (unpaired) electrons. The van der Waals surface area contributed by atoms with Crippen LogP contribution < -0.4 is 5.32 Å². The molecule has 0 spiro atoms. The van der Waals surface area contributed by atoms with E-state index >= 15 is 0 Å². The fourth-order valence-electron chi connectivity index (χ4n) is 2.16. The van der Waals surface area contributed by atoms with Gasteiger partial charge < -0.3 is 10.1 Å². The summed E-state index contributed by atoms with van der Waals surface area (Å²) in [7, 11) is 0. The minimum Gasteiger partial charge on any atom is -0.378 e. The smallest absolute Gasteiger partial charge is 0.292 e. The van der Waals surface area contributed by atoms with Gasteiger partial charge >= 0.3 is 0 Å². The number of benzene rings is 1. The van der Waals surface area contributed by atoms with Crippen molar-refractivity contribution in [3.8, 4) is 6.07 Å². The number of anilines is 1. The predicted octanol–water partition coefficient (Wildman–Crippen LogP) is 2.45. The Hall–Kier alpha value is -2.13. The molecule has 1 aromatic carbocycles. The van der Waals surface area contributed by atoms with Crippen LogP contribution in [-0.4, -0.2) is 23.7 Å². The fraction of sp³-hybridized carbons (Fsp3) is 0.462. The lowest BCUT2D eigenvalue weighted by atomic mass is 9.89. The lowest BCUT2D eigenvalue weighted by Gasteiger charge is -2.35. The van der Waals surface area contributed by atoms with Gasteiger partial charge in [-0.15, -0.1) is 0 Å². The van der Waals surface area contributed by atoms with Gasteiger partial charge in [0, 0.05) is 18.7 Å². The van der Waals surface area contributed by atoms with Gasteiger partial charge in [-0.05, 0) is 31.9 Å². The average Bonchev–Trinajstić information content (AvgIpc) is 2.35. The van der Waals surface area contributed by atoms with Gasteiger partial charge in [0.2, 0.25) is 0 Å². The Morgan fingerprint density at radius 2 is 2.32 bits per heavy atom. The van der Waals surface area contributed by atoms with Gasteiger partial charge in [0.15, 0.2) is 0 Å². The van der Waals surface area contributed by atoms with Gasteiger partial charge in [-0.2, -0.15) is 5.26 Å². The van der Waals surface area contributed by atoms with E-state index in [1.807, 2.05) is 13.0 Å². The van der Waals surface area contributed by atoms with E-state index in [-0.39, 0.29) is 17.8 Å². The summed E-state index contributed by atoms with van der Waals surface area (Å²) in [5, 5.41) is 22.9. The van der Waals surface area contributed by atoms with Crippen LogP contribution in [0.4, 0.5) is 11.4 Å². The van der Waals surface area contributed by atoms with Crippen molar-refractivity contribution in [3.63, 3.8) is 0 Å². The summed E-state index contributed by atoms with van der Waals surface area (Å²) in [6.45, 7) is 2.63. The number of nitrogens with zero attached hydrogens (tertiary/aromatic N) is 2. The van der Waals surface area contributed by atoms with Crippen molar-refractivity contribution in [2.24, 2.45) is 0 Å². The molecule has 6 nitrogen and oxygen atoms in total. The second-order valence-corrected chi connectivity index (χ2v) is 4.49. The van der Waals surface area contributed by atoms with Crippen LogP contribution in [0.15, 0.2) is 18.2 Å². The number of nitro groups is 1. The van der Waals surface area contributed by atoms with Crippen LogP contribution >= 0.6 is 0 Å². The Morgan fingerprint density at radius 3 is 2.89 bits per heavy atom. The molecule has 1 saturated carbocycles. The number of hydrogen-bond donors (Lipinski definition) is 1. The Labute approximate surface area is 111 Å². The first-order valence-electron chi connectivity index (χ1n) is 6.20. The maximum absolute atomic E-state index is 10.9. The Bertz CT molecular complexity index is 518. The third-order valence-electron chi connectivity index (χ3n) is 3.18. The van der Waals surface area contributed by atoms with Crippen LogP contribution in [0.25, 0.3) is 0 Å². The molecule has 0 unspecified atom stereocenters. The molecule has 0 aliphatic heterocycles. The summed E-state index contributed by atoms with van der Waals surface area (Å²) >= 11 is 0. The first-order valence-corrected chi connectivity index (χ1v) is 6.20. The molecule has 1 aliphatic carbocycles. The van der Waals surface area contributed by atoms with Crippen molar-refractivity contribution in [2.75, 3.05) is 11.9 Å². The number of ether oxygens (including phenoxy) is 1. The van der Waals surface area contributed by atoms with Crippen LogP contribution in [0.1, 0.15) is 25.3 Å². The molecule has 0 amide bonds. The van der Waals surface area contributed by atoms with Crippen molar-refractivity contribution >= 4 is 11.4 Å². The highest BCUT2D eigenvalue weighted by Gasteiger charge is 2.30. The number of rotatable bonds is 5. The van der Waals surface area contributed by atoms with Gasteiger partial charge in [-0.25, -0.2) is 0 Å². The number of hydrogen-bond acceptors (Lipinski definition) is 5. The zero-order valence-corrected chi connectivity index (χ0v) is 10.6. The molecule has 1 aromatic rings. The lowest BCUT2D eigenvalue weighted by Crippen LogP contribution is -2.40. The molecular weight excluding hydrogens is 246 g/mol. The van der Waals surface area contributed by atoms with E-state index in [0.717, 1.165) is 12.8 Å². The summed E-state index contributed by atoms with van der Waals surface area (Å²) in [6.07, 6.45) is 1.91. The van der Waals surface area contributed by atoms with E-state index in [4.69, 9.17) is 10.00 Å². The minimum absolute atomic E-state index is 0.00106. The van der Waals surface area contributed by atoms with Crippen LogP contribution in [0.3, 0.4) is 0 Å². The number of nitriles is 1. The van der Waals surface area contributed by atoms with Gasteiger partial charge in [0.1, 0.15) is 5.69 Å². The van der Waals surface area contributed by atoms with Gasteiger partial charge in [0.25, 0.3) is 5.69 Å². The van der Waals surface area contributed by atoms with Crippen LogP contribution in [0.2, 0.25) is 0 Å². The van der Waals surface area contributed by atoms with Crippen molar-refractivity contribution in [2.45, 2.75) is 31.9 Å². The van der Waals surface area contributed by atoms with Gasteiger partial charge in [-0.1, -0.05) is 0 Å². The summed E-state index contributed by atoms with van der Waals surface area (Å²) in [5.41, 5.74) is 0.816. The van der Waals surface area contributed by atoms with E-state index < -0.39 is 4.92 Å². The molecule has 1 aliphatic rings. The third-order valence-corrected chi connectivity index (χ3v) is 3.18. The highest BCUT2D eigenvalue weighted by molar-refractivity contribution is 5.64.